The number of Topliss-reactive ketones (excluding diaryl/α,β-unsaturated/α-hetero) is 1. The monoisotopic (exact) mass is 470 g/mol. The highest BCUT2D eigenvalue weighted by Gasteiger charge is 2.44. The molecule has 3 aromatic rings. The number of nitrogens with one attached hydrogen (secondary N) is 1. The number of hydrogen-bond acceptors (Lipinski definition) is 4. The molecule has 0 saturated heterocycles. The second-order valence-corrected chi connectivity index (χ2v) is 6.15. The van der Waals surface area contributed by atoms with Crippen molar-refractivity contribution in [2.24, 2.45) is 0 Å². The van der Waals surface area contributed by atoms with E-state index in [1.54, 1.807) is 0 Å². The van der Waals surface area contributed by atoms with Crippen LogP contribution in [0.1, 0.15) is 21.7 Å². The van der Waals surface area contributed by atoms with Gasteiger partial charge in [-0.05, 0) is 24.3 Å². The molecule has 170 valence electrons. The summed E-state index contributed by atoms with van der Waals surface area (Å²) in [5.41, 5.74) is -8.72. The largest absolute Gasteiger partial charge is 0.455 e. The standard InChI is InChI=1S/C17H7F9N4O2/c18-15(19,20)9-5-7(1-3-27-9)12-11(13(31)17(24,25)26)14(32)30(29-12)8-2-4-28-10(6-8)16(21,22)23/h1-6,29H. The van der Waals surface area contributed by atoms with Crippen LogP contribution in [0.15, 0.2) is 41.5 Å². The number of carbonyl (C=O) groups is 1. The normalized spacial score (nSPS) is 12.8. The Morgan fingerprint density at radius 2 is 1.38 bits per heavy atom. The van der Waals surface area contributed by atoms with Gasteiger partial charge < -0.3 is 0 Å². The van der Waals surface area contributed by atoms with E-state index in [0.29, 0.717) is 18.5 Å². The van der Waals surface area contributed by atoms with Crippen LogP contribution in [0.2, 0.25) is 0 Å². The molecule has 0 bridgehead atoms. The first-order chi connectivity index (χ1) is 14.6. The number of halogens is 9. The van der Waals surface area contributed by atoms with Crippen LogP contribution in [0.3, 0.4) is 0 Å². The summed E-state index contributed by atoms with van der Waals surface area (Å²) in [7, 11) is 0. The van der Waals surface area contributed by atoms with Crippen LogP contribution in [0.5, 0.6) is 0 Å². The SMILES string of the molecule is O=C(c1c(-c2ccnc(C(F)(F)F)c2)[nH]n(-c2ccnc(C(F)(F)F)c2)c1=O)C(F)(F)F. The highest BCUT2D eigenvalue weighted by Crippen LogP contribution is 2.33. The van der Waals surface area contributed by atoms with E-state index < -0.39 is 63.8 Å². The number of alkyl halides is 9. The molecule has 0 saturated carbocycles. The summed E-state index contributed by atoms with van der Waals surface area (Å²) < 4.78 is 117. The Balaban J connectivity index is 2.30. The van der Waals surface area contributed by atoms with Gasteiger partial charge in [0.15, 0.2) is 0 Å². The number of hydrogen-bond donors (Lipinski definition) is 1. The number of H-pyrrole nitrogens is 1. The third-order valence-corrected chi connectivity index (χ3v) is 4.01. The molecular weight excluding hydrogens is 463 g/mol. The van der Waals surface area contributed by atoms with Gasteiger partial charge in [-0.2, -0.15) is 39.5 Å². The Hall–Kier alpha value is -3.65. The average molecular weight is 470 g/mol. The minimum absolute atomic E-state index is 0.166. The molecule has 15 heteroatoms. The van der Waals surface area contributed by atoms with Crippen molar-refractivity contribution in [3.8, 4) is 16.9 Å². The third-order valence-electron chi connectivity index (χ3n) is 4.01. The van der Waals surface area contributed by atoms with E-state index in [9.17, 15) is 49.1 Å². The molecule has 3 rings (SSSR count). The lowest BCUT2D eigenvalue weighted by Gasteiger charge is -2.09. The molecule has 0 atom stereocenters. The third kappa shape index (κ3) is 4.36. The number of nitrogens with zero attached hydrogens (tertiary/aromatic N) is 3. The molecule has 0 aliphatic carbocycles. The minimum atomic E-state index is -5.61. The highest BCUT2D eigenvalue weighted by molar-refractivity contribution is 6.04. The second kappa shape index (κ2) is 7.49. The Kier molecular flexibility index (Phi) is 5.39. The van der Waals surface area contributed by atoms with Crippen molar-refractivity contribution in [2.75, 3.05) is 0 Å². The Bertz CT molecular complexity index is 1240. The van der Waals surface area contributed by atoms with Gasteiger partial charge in [-0.25, -0.2) is 4.68 Å². The molecule has 3 heterocycles. The van der Waals surface area contributed by atoms with Crippen LogP contribution >= 0.6 is 0 Å². The molecule has 1 N–H and O–H groups in total. The van der Waals surface area contributed by atoms with Crippen LogP contribution in [0, 0.1) is 0 Å². The first-order valence-corrected chi connectivity index (χ1v) is 8.14. The minimum Gasteiger partial charge on any atom is -0.290 e. The number of ketones is 1. The van der Waals surface area contributed by atoms with Crippen LogP contribution in [-0.4, -0.2) is 31.7 Å². The van der Waals surface area contributed by atoms with Crippen molar-refractivity contribution in [3.05, 3.63) is 64.0 Å². The average Bonchev–Trinajstić information content (AvgIpc) is 3.02. The van der Waals surface area contributed by atoms with Gasteiger partial charge in [0, 0.05) is 18.0 Å². The van der Waals surface area contributed by atoms with E-state index in [1.165, 1.54) is 0 Å². The molecule has 3 aromatic heterocycles. The van der Waals surface area contributed by atoms with E-state index in [4.69, 9.17) is 0 Å². The number of aromatic nitrogens is 4. The van der Waals surface area contributed by atoms with Crippen molar-refractivity contribution in [1.82, 2.24) is 19.7 Å². The predicted molar refractivity (Wildman–Crippen MR) is 87.8 cm³/mol. The molecule has 6 nitrogen and oxygen atoms in total. The molecule has 0 spiro atoms. The molecule has 0 radical (unpaired) electrons. The highest BCUT2D eigenvalue weighted by atomic mass is 19.4. The number of rotatable bonds is 3. The summed E-state index contributed by atoms with van der Waals surface area (Å²) in [6.07, 6.45) is -14.4. The quantitative estimate of drug-likeness (QED) is 0.455. The molecule has 0 aromatic carbocycles. The number of aromatic amines is 1. The Labute approximate surface area is 170 Å². The maximum absolute atomic E-state index is 13.0. The molecule has 0 aliphatic heterocycles. The zero-order chi connectivity index (χ0) is 24.1. The number of pyridine rings is 2. The predicted octanol–water partition coefficient (Wildman–Crippen LogP) is 4.41. The van der Waals surface area contributed by atoms with Crippen LogP contribution < -0.4 is 5.56 Å². The fraction of sp³-hybridized carbons (Fsp3) is 0.176. The lowest BCUT2D eigenvalue weighted by atomic mass is 10.0. The van der Waals surface area contributed by atoms with Gasteiger partial charge in [-0.1, -0.05) is 0 Å². The molecule has 0 fully saturated rings. The van der Waals surface area contributed by atoms with Crippen LogP contribution in [0.4, 0.5) is 39.5 Å². The van der Waals surface area contributed by atoms with Crippen molar-refractivity contribution < 1.29 is 44.3 Å². The summed E-state index contributed by atoms with van der Waals surface area (Å²) in [4.78, 5) is 30.5. The fourth-order valence-corrected chi connectivity index (χ4v) is 2.63. The zero-order valence-electron chi connectivity index (χ0n) is 15.0. The molecule has 0 unspecified atom stereocenters. The van der Waals surface area contributed by atoms with Gasteiger partial charge in [-0.15, -0.1) is 0 Å². The van der Waals surface area contributed by atoms with Gasteiger partial charge in [0.25, 0.3) is 11.3 Å². The molecule has 0 amide bonds. The van der Waals surface area contributed by atoms with Crippen molar-refractivity contribution >= 4 is 5.78 Å². The van der Waals surface area contributed by atoms with Gasteiger partial charge in [0.05, 0.1) is 11.4 Å². The summed E-state index contributed by atoms with van der Waals surface area (Å²) in [5, 5.41) is 1.99. The van der Waals surface area contributed by atoms with E-state index >= 15 is 0 Å². The lowest BCUT2D eigenvalue weighted by Crippen LogP contribution is -2.29. The Morgan fingerprint density at radius 3 is 1.91 bits per heavy atom. The fourth-order valence-electron chi connectivity index (χ4n) is 2.63. The van der Waals surface area contributed by atoms with E-state index in [-0.39, 0.29) is 10.7 Å². The second-order valence-electron chi connectivity index (χ2n) is 6.15. The van der Waals surface area contributed by atoms with Crippen LogP contribution in [-0.2, 0) is 12.4 Å². The molecule has 32 heavy (non-hydrogen) atoms. The lowest BCUT2D eigenvalue weighted by molar-refractivity contribution is -0.141. The molecular formula is C17H7F9N4O2. The first-order valence-electron chi connectivity index (χ1n) is 8.14. The molecule has 0 aliphatic rings. The first kappa shape index (κ1) is 23.0. The van der Waals surface area contributed by atoms with Crippen molar-refractivity contribution in [1.29, 1.82) is 0 Å². The van der Waals surface area contributed by atoms with Crippen molar-refractivity contribution in [3.63, 3.8) is 0 Å². The van der Waals surface area contributed by atoms with Crippen molar-refractivity contribution in [2.45, 2.75) is 18.5 Å². The summed E-state index contributed by atoms with van der Waals surface area (Å²) in [6, 6.07) is 2.17. The summed E-state index contributed by atoms with van der Waals surface area (Å²) in [6.45, 7) is 0. The van der Waals surface area contributed by atoms with E-state index in [0.717, 1.165) is 12.1 Å². The van der Waals surface area contributed by atoms with Gasteiger partial charge in [0.2, 0.25) is 0 Å². The van der Waals surface area contributed by atoms with Crippen LogP contribution in [0.25, 0.3) is 16.9 Å². The smallest absolute Gasteiger partial charge is 0.290 e. The Morgan fingerprint density at radius 1 is 0.844 bits per heavy atom. The summed E-state index contributed by atoms with van der Waals surface area (Å²) >= 11 is 0. The van der Waals surface area contributed by atoms with Gasteiger partial charge >= 0.3 is 18.5 Å². The summed E-state index contributed by atoms with van der Waals surface area (Å²) in [5.74, 6) is -2.71. The van der Waals surface area contributed by atoms with Gasteiger partial charge in [-0.3, -0.25) is 24.7 Å². The van der Waals surface area contributed by atoms with E-state index in [1.807, 2.05) is 5.10 Å². The maximum Gasteiger partial charge on any atom is 0.455 e. The van der Waals surface area contributed by atoms with Gasteiger partial charge in [0.1, 0.15) is 17.0 Å². The number of carbonyl (C=O) groups excluding carboxylic acids is 1. The van der Waals surface area contributed by atoms with E-state index in [2.05, 4.69) is 9.97 Å². The maximum atomic E-state index is 13.0. The zero-order valence-corrected chi connectivity index (χ0v) is 15.0. The topological polar surface area (TPSA) is 80.6 Å².